The van der Waals surface area contributed by atoms with Crippen molar-refractivity contribution in [3.8, 4) is 6.07 Å². The molecule has 0 aliphatic rings. The minimum absolute atomic E-state index is 0.138. The van der Waals surface area contributed by atoms with E-state index >= 15 is 0 Å². The van der Waals surface area contributed by atoms with Gasteiger partial charge in [0, 0.05) is 0 Å². The van der Waals surface area contributed by atoms with Gasteiger partial charge in [-0.05, 0) is 75.3 Å². The molecule has 22 heavy (non-hydrogen) atoms. The number of nitriles is 1. The van der Waals surface area contributed by atoms with Crippen molar-refractivity contribution in [3.63, 3.8) is 0 Å². The molecule has 122 valence electrons. The van der Waals surface area contributed by atoms with E-state index in [-0.39, 0.29) is 5.92 Å². The molecule has 1 aromatic rings. The van der Waals surface area contributed by atoms with Crippen LogP contribution < -0.4 is 4.72 Å². The predicted molar refractivity (Wildman–Crippen MR) is 89.3 cm³/mol. The molecule has 0 radical (unpaired) electrons. The Bertz CT molecular complexity index is 714. The lowest BCUT2D eigenvalue weighted by Gasteiger charge is -2.28. The Morgan fingerprint density at radius 1 is 0.955 bits per heavy atom. The van der Waals surface area contributed by atoms with E-state index in [4.69, 9.17) is 0 Å². The normalized spacial score (nSPS) is 14.7. The van der Waals surface area contributed by atoms with Gasteiger partial charge < -0.3 is 0 Å². The van der Waals surface area contributed by atoms with Gasteiger partial charge in [0.15, 0.2) is 0 Å². The summed E-state index contributed by atoms with van der Waals surface area (Å²) in [6.07, 6.45) is 0. The van der Waals surface area contributed by atoms with Gasteiger partial charge in [-0.1, -0.05) is 13.8 Å². The molecule has 0 bridgehead atoms. The Kier molecular flexibility index (Phi) is 5.11. The van der Waals surface area contributed by atoms with Crippen molar-refractivity contribution in [2.45, 2.75) is 65.8 Å². The minimum atomic E-state index is -3.77. The number of sulfonamides is 1. The van der Waals surface area contributed by atoms with Crippen LogP contribution >= 0.6 is 0 Å². The third-order valence-electron chi connectivity index (χ3n) is 4.93. The maximum atomic E-state index is 12.9. The van der Waals surface area contributed by atoms with E-state index in [0.29, 0.717) is 4.90 Å². The number of hydrogen-bond donors (Lipinski definition) is 1. The molecular formula is C17H26N2O2S. The number of benzene rings is 1. The molecule has 0 aliphatic heterocycles. The first kappa shape index (κ1) is 18.7. The molecule has 1 atom stereocenters. The molecule has 0 unspecified atom stereocenters. The molecule has 0 saturated carbocycles. The largest absolute Gasteiger partial charge is 0.242 e. The zero-order valence-electron chi connectivity index (χ0n) is 14.7. The fourth-order valence-corrected chi connectivity index (χ4v) is 4.52. The van der Waals surface area contributed by atoms with Gasteiger partial charge in [0.1, 0.15) is 5.54 Å². The monoisotopic (exact) mass is 322 g/mol. The van der Waals surface area contributed by atoms with Crippen molar-refractivity contribution < 1.29 is 8.42 Å². The maximum absolute atomic E-state index is 12.9. The molecule has 0 fully saturated rings. The van der Waals surface area contributed by atoms with Crippen molar-refractivity contribution in [1.29, 1.82) is 5.26 Å². The number of nitrogens with one attached hydrogen (secondary N) is 1. The first-order chi connectivity index (χ1) is 9.89. The lowest BCUT2D eigenvalue weighted by Crippen LogP contribution is -2.49. The summed E-state index contributed by atoms with van der Waals surface area (Å²) < 4.78 is 28.4. The van der Waals surface area contributed by atoms with Gasteiger partial charge in [0.25, 0.3) is 0 Å². The van der Waals surface area contributed by atoms with Crippen LogP contribution in [0.5, 0.6) is 0 Å². The van der Waals surface area contributed by atoms with Crippen LogP contribution in [0.25, 0.3) is 0 Å². The molecule has 1 aromatic carbocycles. The number of rotatable bonds is 4. The van der Waals surface area contributed by atoms with Gasteiger partial charge in [-0.2, -0.15) is 9.98 Å². The van der Waals surface area contributed by atoms with Crippen LogP contribution in [0.4, 0.5) is 0 Å². The van der Waals surface area contributed by atoms with Gasteiger partial charge in [-0.3, -0.25) is 0 Å². The SMILES string of the molecule is Cc1c(C)c(C)c(S(=O)(=O)N[C@@](C)(C#N)C(C)C)c(C)c1C. The number of nitrogens with zero attached hydrogens (tertiary/aromatic N) is 1. The highest BCUT2D eigenvalue weighted by molar-refractivity contribution is 7.89. The zero-order valence-corrected chi connectivity index (χ0v) is 15.6. The summed E-state index contributed by atoms with van der Waals surface area (Å²) in [5, 5.41) is 9.38. The van der Waals surface area contributed by atoms with Crippen LogP contribution in [0.15, 0.2) is 4.90 Å². The molecule has 1 rings (SSSR count). The van der Waals surface area contributed by atoms with E-state index in [1.165, 1.54) is 0 Å². The average molecular weight is 322 g/mol. The summed E-state index contributed by atoms with van der Waals surface area (Å²) in [6.45, 7) is 14.8. The van der Waals surface area contributed by atoms with E-state index in [2.05, 4.69) is 10.8 Å². The van der Waals surface area contributed by atoms with Crippen LogP contribution in [-0.4, -0.2) is 14.0 Å². The molecule has 0 aromatic heterocycles. The Morgan fingerprint density at radius 2 is 1.32 bits per heavy atom. The lowest BCUT2D eigenvalue weighted by atomic mass is 9.92. The third-order valence-corrected chi connectivity index (χ3v) is 6.78. The Balaban J connectivity index is 3.60. The number of hydrogen-bond acceptors (Lipinski definition) is 3. The molecular weight excluding hydrogens is 296 g/mol. The summed E-state index contributed by atoms with van der Waals surface area (Å²) in [6, 6.07) is 2.09. The van der Waals surface area contributed by atoms with Gasteiger partial charge in [-0.25, -0.2) is 8.42 Å². The van der Waals surface area contributed by atoms with Crippen LogP contribution in [0.1, 0.15) is 48.6 Å². The van der Waals surface area contributed by atoms with Crippen molar-refractivity contribution >= 4 is 10.0 Å². The second-order valence-corrected chi connectivity index (χ2v) is 8.15. The second-order valence-electron chi connectivity index (χ2n) is 6.53. The molecule has 0 aliphatic carbocycles. The molecule has 4 nitrogen and oxygen atoms in total. The van der Waals surface area contributed by atoms with Crippen LogP contribution in [0.2, 0.25) is 0 Å². The summed E-state index contributed by atoms with van der Waals surface area (Å²) in [7, 11) is -3.77. The molecule has 0 spiro atoms. The van der Waals surface area contributed by atoms with Gasteiger partial charge in [0.2, 0.25) is 10.0 Å². The Hall–Kier alpha value is -1.38. The minimum Gasteiger partial charge on any atom is -0.207 e. The highest BCUT2D eigenvalue weighted by Crippen LogP contribution is 2.30. The quantitative estimate of drug-likeness (QED) is 0.923. The first-order valence-electron chi connectivity index (χ1n) is 7.41. The van der Waals surface area contributed by atoms with Crippen molar-refractivity contribution in [2.75, 3.05) is 0 Å². The van der Waals surface area contributed by atoms with E-state index in [0.717, 1.165) is 27.8 Å². The van der Waals surface area contributed by atoms with Gasteiger partial charge >= 0.3 is 0 Å². The third kappa shape index (κ3) is 3.04. The summed E-state index contributed by atoms with van der Waals surface area (Å²) in [4.78, 5) is 0.301. The fraction of sp³-hybridized carbons (Fsp3) is 0.588. The van der Waals surface area contributed by atoms with E-state index < -0.39 is 15.6 Å². The summed E-state index contributed by atoms with van der Waals surface area (Å²) in [5.74, 6) is -0.138. The van der Waals surface area contributed by atoms with Crippen LogP contribution in [0, 0.1) is 51.9 Å². The molecule has 0 heterocycles. The first-order valence-corrected chi connectivity index (χ1v) is 8.89. The van der Waals surface area contributed by atoms with Crippen LogP contribution in [0.3, 0.4) is 0 Å². The molecule has 5 heteroatoms. The van der Waals surface area contributed by atoms with Gasteiger partial charge in [0.05, 0.1) is 11.0 Å². The van der Waals surface area contributed by atoms with Crippen molar-refractivity contribution in [2.24, 2.45) is 5.92 Å². The standard InChI is InChI=1S/C17H26N2O2S/c1-10(2)17(8,9-18)19-22(20,21)16-14(6)12(4)11(3)13(5)15(16)7/h10,19H,1-8H3/t17-/m0/s1. The summed E-state index contributed by atoms with van der Waals surface area (Å²) in [5.41, 5.74) is 3.43. The van der Waals surface area contributed by atoms with Crippen molar-refractivity contribution in [1.82, 2.24) is 4.72 Å². The highest BCUT2D eigenvalue weighted by atomic mass is 32.2. The van der Waals surface area contributed by atoms with E-state index in [1.54, 1.807) is 6.92 Å². The Labute approximate surface area is 134 Å². The predicted octanol–water partition coefficient (Wildman–Crippen LogP) is 3.45. The van der Waals surface area contributed by atoms with Gasteiger partial charge in [-0.15, -0.1) is 0 Å². The van der Waals surface area contributed by atoms with Crippen LogP contribution in [-0.2, 0) is 10.0 Å². The fourth-order valence-electron chi connectivity index (χ4n) is 2.47. The summed E-state index contributed by atoms with van der Waals surface area (Å²) >= 11 is 0. The molecule has 0 amide bonds. The highest BCUT2D eigenvalue weighted by Gasteiger charge is 2.35. The molecule has 1 N–H and O–H groups in total. The topological polar surface area (TPSA) is 70.0 Å². The Morgan fingerprint density at radius 3 is 1.64 bits per heavy atom. The molecule has 0 saturated heterocycles. The smallest absolute Gasteiger partial charge is 0.207 e. The zero-order chi connectivity index (χ0) is 17.5. The maximum Gasteiger partial charge on any atom is 0.242 e. The van der Waals surface area contributed by atoms with E-state index in [9.17, 15) is 13.7 Å². The second kappa shape index (κ2) is 6.02. The van der Waals surface area contributed by atoms with E-state index in [1.807, 2.05) is 48.5 Å². The lowest BCUT2D eigenvalue weighted by molar-refractivity contribution is 0.388. The average Bonchev–Trinajstić information content (AvgIpc) is 2.42. The van der Waals surface area contributed by atoms with Crippen molar-refractivity contribution in [3.05, 3.63) is 27.8 Å².